The number of nitro groups is 1. The van der Waals surface area contributed by atoms with Crippen LogP contribution in [0.25, 0.3) is 0 Å². The van der Waals surface area contributed by atoms with Gasteiger partial charge in [-0.3, -0.25) is 4.79 Å². The van der Waals surface area contributed by atoms with Crippen molar-refractivity contribution in [3.63, 3.8) is 0 Å². The van der Waals surface area contributed by atoms with Crippen LogP contribution in [0.3, 0.4) is 0 Å². The fraction of sp³-hybridized carbons (Fsp3) is 0.600. The highest BCUT2D eigenvalue weighted by Crippen LogP contribution is 2.06. The Balaban J connectivity index is 1.94. The maximum absolute atomic E-state index is 12.0. The molecule has 0 saturated carbocycles. The summed E-state index contributed by atoms with van der Waals surface area (Å²) in [6.45, 7) is 3.13. The minimum atomic E-state index is -0.573. The summed E-state index contributed by atoms with van der Waals surface area (Å²) in [5.74, 6) is -0.294. The van der Waals surface area contributed by atoms with Crippen molar-refractivity contribution in [1.29, 1.82) is 0 Å². The van der Waals surface area contributed by atoms with Crippen molar-refractivity contribution in [3.05, 3.63) is 22.4 Å². The molecule has 1 saturated heterocycles. The Labute approximate surface area is 104 Å². The largest absolute Gasteiger partial charge is 0.389 e. The lowest BCUT2D eigenvalue weighted by Crippen LogP contribution is -2.36. The second-order valence-electron chi connectivity index (χ2n) is 4.11. The highest BCUT2D eigenvalue weighted by Gasteiger charge is 2.18. The van der Waals surface area contributed by atoms with E-state index < -0.39 is 4.92 Å². The predicted octanol–water partition coefficient (Wildman–Crippen LogP) is -0.387. The lowest BCUT2D eigenvalue weighted by Gasteiger charge is -2.18. The van der Waals surface area contributed by atoms with E-state index in [1.54, 1.807) is 4.90 Å². The summed E-state index contributed by atoms with van der Waals surface area (Å²) in [5, 5.41) is 17.4. The van der Waals surface area contributed by atoms with E-state index in [0.29, 0.717) is 6.54 Å². The van der Waals surface area contributed by atoms with Crippen molar-refractivity contribution in [3.8, 4) is 0 Å². The summed E-state index contributed by atoms with van der Waals surface area (Å²) in [5.41, 5.74) is 0. The Bertz CT molecular complexity index is 436. The van der Waals surface area contributed by atoms with Crippen molar-refractivity contribution in [2.75, 3.05) is 26.2 Å². The fourth-order valence-electron chi connectivity index (χ4n) is 1.87. The zero-order valence-electron chi connectivity index (χ0n) is 9.91. The van der Waals surface area contributed by atoms with Gasteiger partial charge in [0.2, 0.25) is 5.91 Å². The summed E-state index contributed by atoms with van der Waals surface area (Å²) in [6, 6.07) is 1.29. The van der Waals surface area contributed by atoms with E-state index in [1.807, 2.05) is 0 Å². The van der Waals surface area contributed by atoms with Gasteiger partial charge in [0.15, 0.2) is 0 Å². The van der Waals surface area contributed by atoms with Gasteiger partial charge in [0.25, 0.3) is 0 Å². The van der Waals surface area contributed by atoms with Crippen LogP contribution in [-0.2, 0) is 11.3 Å². The molecule has 2 rings (SSSR count). The van der Waals surface area contributed by atoms with E-state index in [2.05, 4.69) is 10.4 Å². The van der Waals surface area contributed by atoms with E-state index in [0.717, 1.165) is 26.1 Å². The predicted molar refractivity (Wildman–Crippen MR) is 62.9 cm³/mol. The summed E-state index contributed by atoms with van der Waals surface area (Å²) >= 11 is 0. The quantitative estimate of drug-likeness (QED) is 0.585. The number of nitrogens with zero attached hydrogens (tertiary/aromatic N) is 4. The molecule has 1 aromatic rings. The maximum Gasteiger partial charge on any atom is 0.389 e. The van der Waals surface area contributed by atoms with Crippen molar-refractivity contribution in [2.45, 2.75) is 13.0 Å². The van der Waals surface area contributed by atoms with Crippen LogP contribution in [0.2, 0.25) is 0 Å². The molecular formula is C10H15N5O3. The average Bonchev–Trinajstić information content (AvgIpc) is 2.64. The van der Waals surface area contributed by atoms with Crippen LogP contribution in [-0.4, -0.2) is 51.7 Å². The molecule has 2 heterocycles. The summed E-state index contributed by atoms with van der Waals surface area (Å²) in [7, 11) is 0. The van der Waals surface area contributed by atoms with Gasteiger partial charge in [0.1, 0.15) is 6.54 Å². The Morgan fingerprint density at radius 1 is 1.50 bits per heavy atom. The zero-order valence-corrected chi connectivity index (χ0v) is 9.91. The van der Waals surface area contributed by atoms with E-state index in [4.69, 9.17) is 0 Å². The molecule has 1 aliphatic heterocycles. The number of hydrogen-bond acceptors (Lipinski definition) is 5. The van der Waals surface area contributed by atoms with Crippen molar-refractivity contribution in [1.82, 2.24) is 20.0 Å². The first-order valence-electron chi connectivity index (χ1n) is 5.83. The Kier molecular flexibility index (Phi) is 3.88. The molecule has 0 atom stereocenters. The van der Waals surface area contributed by atoms with Crippen LogP contribution in [0.4, 0.5) is 5.82 Å². The molecule has 0 aromatic carbocycles. The molecule has 0 aliphatic carbocycles. The Morgan fingerprint density at radius 3 is 3.06 bits per heavy atom. The van der Waals surface area contributed by atoms with E-state index in [-0.39, 0.29) is 18.3 Å². The molecular weight excluding hydrogens is 238 g/mol. The molecule has 1 N–H and O–H groups in total. The molecule has 0 unspecified atom stereocenters. The minimum Gasteiger partial charge on any atom is -0.358 e. The number of nitrogens with one attached hydrogen (secondary N) is 1. The van der Waals surface area contributed by atoms with Crippen LogP contribution in [0.1, 0.15) is 6.42 Å². The van der Waals surface area contributed by atoms with Crippen molar-refractivity contribution < 1.29 is 9.72 Å². The van der Waals surface area contributed by atoms with E-state index >= 15 is 0 Å². The molecule has 98 valence electrons. The first-order chi connectivity index (χ1) is 8.66. The van der Waals surface area contributed by atoms with Gasteiger partial charge in [-0.15, -0.1) is 0 Å². The van der Waals surface area contributed by atoms with Crippen LogP contribution >= 0.6 is 0 Å². The molecule has 1 aliphatic rings. The second kappa shape index (κ2) is 5.58. The third-order valence-corrected chi connectivity index (χ3v) is 2.80. The summed E-state index contributed by atoms with van der Waals surface area (Å²) in [6.07, 6.45) is 2.37. The molecule has 0 spiro atoms. The first kappa shape index (κ1) is 12.5. The topological polar surface area (TPSA) is 93.3 Å². The molecule has 0 bridgehead atoms. The molecule has 0 radical (unpaired) electrons. The number of amides is 1. The lowest BCUT2D eigenvalue weighted by atomic mass is 10.4. The minimum absolute atomic E-state index is 0.0494. The highest BCUT2D eigenvalue weighted by atomic mass is 16.6. The number of carbonyl (C=O) groups is 1. The maximum atomic E-state index is 12.0. The molecule has 18 heavy (non-hydrogen) atoms. The average molecular weight is 253 g/mol. The van der Waals surface area contributed by atoms with Crippen LogP contribution in [0, 0.1) is 10.1 Å². The van der Waals surface area contributed by atoms with Gasteiger partial charge in [0, 0.05) is 19.6 Å². The van der Waals surface area contributed by atoms with Crippen LogP contribution in [0.15, 0.2) is 12.3 Å². The first-order valence-corrected chi connectivity index (χ1v) is 5.83. The molecule has 8 heteroatoms. The number of hydrogen-bond donors (Lipinski definition) is 1. The van der Waals surface area contributed by atoms with Gasteiger partial charge in [0.05, 0.1) is 17.4 Å². The molecule has 1 fully saturated rings. The number of rotatable bonds is 3. The SMILES string of the molecule is O=C(Cn1ccc([N+](=O)[O-])n1)N1CCCNCC1. The summed E-state index contributed by atoms with van der Waals surface area (Å²) < 4.78 is 1.30. The number of aromatic nitrogens is 2. The van der Waals surface area contributed by atoms with Crippen LogP contribution < -0.4 is 5.32 Å². The van der Waals surface area contributed by atoms with E-state index in [1.165, 1.54) is 16.9 Å². The van der Waals surface area contributed by atoms with Gasteiger partial charge < -0.3 is 20.3 Å². The third kappa shape index (κ3) is 3.04. The standard InChI is InChI=1S/C10H15N5O3/c16-10(13-5-1-3-11-4-7-13)8-14-6-2-9(12-14)15(17)18/h2,6,11H,1,3-5,7-8H2. The summed E-state index contributed by atoms with van der Waals surface area (Å²) in [4.78, 5) is 23.6. The normalized spacial score (nSPS) is 16.3. The molecule has 1 amide bonds. The van der Waals surface area contributed by atoms with Crippen molar-refractivity contribution >= 4 is 11.7 Å². The second-order valence-corrected chi connectivity index (χ2v) is 4.11. The smallest absolute Gasteiger partial charge is 0.358 e. The number of carbonyl (C=O) groups excluding carboxylic acids is 1. The van der Waals surface area contributed by atoms with Gasteiger partial charge in [-0.05, 0) is 17.9 Å². The highest BCUT2D eigenvalue weighted by molar-refractivity contribution is 5.75. The molecule has 1 aromatic heterocycles. The lowest BCUT2D eigenvalue weighted by molar-refractivity contribution is -0.389. The Hall–Kier alpha value is -1.96. The third-order valence-electron chi connectivity index (χ3n) is 2.80. The van der Waals surface area contributed by atoms with Crippen LogP contribution in [0.5, 0.6) is 0 Å². The fourth-order valence-corrected chi connectivity index (χ4v) is 1.87. The van der Waals surface area contributed by atoms with Gasteiger partial charge >= 0.3 is 5.82 Å². The van der Waals surface area contributed by atoms with Gasteiger partial charge in [-0.2, -0.15) is 4.68 Å². The van der Waals surface area contributed by atoms with Gasteiger partial charge in [-0.25, -0.2) is 0 Å². The van der Waals surface area contributed by atoms with E-state index in [9.17, 15) is 14.9 Å². The zero-order chi connectivity index (χ0) is 13.0. The molecule has 8 nitrogen and oxygen atoms in total. The van der Waals surface area contributed by atoms with Gasteiger partial charge in [-0.1, -0.05) is 0 Å². The monoisotopic (exact) mass is 253 g/mol. The van der Waals surface area contributed by atoms with Crippen molar-refractivity contribution in [2.24, 2.45) is 0 Å². The Morgan fingerprint density at radius 2 is 2.33 bits per heavy atom.